The molecule has 5 rings (SSSR count). The highest BCUT2D eigenvalue weighted by Gasteiger charge is 2.15. The molecular formula is C20H10N2. The molecule has 0 N–H and O–H groups in total. The van der Waals surface area contributed by atoms with Gasteiger partial charge in [-0.25, -0.2) is 0 Å². The summed E-state index contributed by atoms with van der Waals surface area (Å²) in [7, 11) is 0. The molecule has 0 radical (unpaired) electrons. The van der Waals surface area contributed by atoms with Crippen LogP contribution in [-0.4, -0.2) is 4.98 Å². The van der Waals surface area contributed by atoms with Crippen molar-refractivity contribution >= 4 is 43.2 Å². The van der Waals surface area contributed by atoms with Crippen molar-refractivity contribution in [3.63, 3.8) is 0 Å². The average molecular weight is 278 g/mol. The zero-order valence-corrected chi connectivity index (χ0v) is 11.7. The van der Waals surface area contributed by atoms with Crippen LogP contribution >= 0.6 is 0 Å². The monoisotopic (exact) mass is 278 g/mol. The Morgan fingerprint density at radius 2 is 1.45 bits per heavy atom. The fraction of sp³-hybridized carbons (Fsp3) is 0. The van der Waals surface area contributed by atoms with Crippen LogP contribution in [0.3, 0.4) is 0 Å². The fourth-order valence-corrected chi connectivity index (χ4v) is 3.59. The second kappa shape index (κ2) is 3.93. The smallest absolute Gasteiger partial charge is 0.0999 e. The first kappa shape index (κ1) is 11.5. The van der Waals surface area contributed by atoms with Crippen LogP contribution in [0.2, 0.25) is 0 Å². The zero-order chi connectivity index (χ0) is 14.7. The van der Waals surface area contributed by atoms with Crippen LogP contribution in [-0.2, 0) is 0 Å². The lowest BCUT2D eigenvalue weighted by Gasteiger charge is -2.14. The van der Waals surface area contributed by atoms with E-state index in [9.17, 15) is 5.26 Å². The highest BCUT2D eigenvalue weighted by Crippen LogP contribution is 2.40. The summed E-state index contributed by atoms with van der Waals surface area (Å²) in [6.45, 7) is 0. The normalized spacial score (nSPS) is 11.6. The number of benzene rings is 4. The third kappa shape index (κ3) is 1.26. The fourth-order valence-electron chi connectivity index (χ4n) is 3.59. The van der Waals surface area contributed by atoms with Crippen LogP contribution in [0.1, 0.15) is 5.56 Å². The topological polar surface area (TPSA) is 36.7 Å². The molecule has 100 valence electrons. The molecule has 4 aromatic carbocycles. The van der Waals surface area contributed by atoms with E-state index in [0.717, 1.165) is 32.4 Å². The van der Waals surface area contributed by atoms with Gasteiger partial charge in [-0.15, -0.1) is 0 Å². The Kier molecular flexibility index (Phi) is 2.05. The Morgan fingerprint density at radius 3 is 2.23 bits per heavy atom. The summed E-state index contributed by atoms with van der Waals surface area (Å²) in [5.41, 5.74) is 1.61. The van der Waals surface area contributed by atoms with E-state index in [0.29, 0.717) is 5.56 Å². The summed E-state index contributed by atoms with van der Waals surface area (Å²) in [5.74, 6) is 0. The largest absolute Gasteiger partial charge is 0.255 e. The molecule has 5 aromatic rings. The molecule has 0 atom stereocenters. The van der Waals surface area contributed by atoms with Crippen molar-refractivity contribution in [2.75, 3.05) is 0 Å². The van der Waals surface area contributed by atoms with E-state index < -0.39 is 0 Å². The minimum absolute atomic E-state index is 0.689. The molecule has 0 bridgehead atoms. The van der Waals surface area contributed by atoms with Crippen molar-refractivity contribution in [1.29, 1.82) is 5.26 Å². The number of fused-ring (bicyclic) bond motifs is 2. The minimum atomic E-state index is 0.689. The average Bonchev–Trinajstić information content (AvgIpc) is 2.59. The molecule has 0 unspecified atom stereocenters. The van der Waals surface area contributed by atoms with Crippen molar-refractivity contribution in [2.24, 2.45) is 0 Å². The Labute approximate surface area is 126 Å². The molecule has 0 fully saturated rings. The molecule has 0 spiro atoms. The van der Waals surface area contributed by atoms with E-state index in [1.54, 1.807) is 0 Å². The van der Waals surface area contributed by atoms with Gasteiger partial charge in [-0.3, -0.25) is 4.98 Å². The molecular weight excluding hydrogens is 268 g/mol. The van der Waals surface area contributed by atoms with Crippen LogP contribution in [0.15, 0.2) is 60.8 Å². The summed E-state index contributed by atoms with van der Waals surface area (Å²) in [4.78, 5) is 4.62. The van der Waals surface area contributed by atoms with Gasteiger partial charge in [0, 0.05) is 22.4 Å². The van der Waals surface area contributed by atoms with Crippen LogP contribution in [0.4, 0.5) is 0 Å². The summed E-state index contributed by atoms with van der Waals surface area (Å²) in [6, 6.07) is 20.9. The number of nitrogens with zero attached hydrogens (tertiary/aromatic N) is 2. The standard InChI is InChI=1S/C20H10N2/c21-11-14-8-7-12-3-1-5-15-16-6-2-4-13-9-10-22-20(18(13)16)19(14)17(12)15/h1-10H. The second-order valence-corrected chi connectivity index (χ2v) is 5.57. The van der Waals surface area contributed by atoms with Crippen molar-refractivity contribution < 1.29 is 0 Å². The lowest BCUT2D eigenvalue weighted by atomic mass is 9.90. The molecule has 2 heteroatoms. The quantitative estimate of drug-likeness (QED) is 0.295. The number of aromatic nitrogens is 1. The SMILES string of the molecule is N#Cc1ccc2cccc3c4cccc5ccnc(c1c23)c54. The van der Waals surface area contributed by atoms with Gasteiger partial charge in [0.1, 0.15) is 0 Å². The Balaban J connectivity index is 2.32. The van der Waals surface area contributed by atoms with E-state index >= 15 is 0 Å². The van der Waals surface area contributed by atoms with Gasteiger partial charge in [-0.05, 0) is 33.7 Å². The lowest BCUT2D eigenvalue weighted by molar-refractivity contribution is 1.44. The van der Waals surface area contributed by atoms with Crippen molar-refractivity contribution in [1.82, 2.24) is 4.98 Å². The number of pyridine rings is 1. The predicted octanol–water partition coefficient (Wildman–Crippen LogP) is 5.00. The Bertz CT molecular complexity index is 1220. The first-order valence-corrected chi connectivity index (χ1v) is 7.23. The maximum Gasteiger partial charge on any atom is 0.0999 e. The number of hydrogen-bond acceptors (Lipinski definition) is 2. The van der Waals surface area contributed by atoms with Crippen LogP contribution in [0.5, 0.6) is 0 Å². The molecule has 0 saturated carbocycles. The van der Waals surface area contributed by atoms with E-state index in [2.05, 4.69) is 47.5 Å². The molecule has 0 aliphatic heterocycles. The van der Waals surface area contributed by atoms with Gasteiger partial charge in [0.05, 0.1) is 17.1 Å². The molecule has 0 aliphatic rings. The maximum absolute atomic E-state index is 9.55. The van der Waals surface area contributed by atoms with E-state index in [1.807, 2.05) is 24.4 Å². The molecule has 1 aromatic heterocycles. The Hall–Kier alpha value is -3.18. The van der Waals surface area contributed by atoms with Gasteiger partial charge < -0.3 is 0 Å². The van der Waals surface area contributed by atoms with E-state index in [-0.39, 0.29) is 0 Å². The van der Waals surface area contributed by atoms with E-state index in [1.165, 1.54) is 10.8 Å². The number of hydrogen-bond donors (Lipinski definition) is 0. The lowest BCUT2D eigenvalue weighted by Crippen LogP contribution is -1.91. The number of nitriles is 1. The highest BCUT2D eigenvalue weighted by molar-refractivity contribution is 6.32. The maximum atomic E-state index is 9.55. The van der Waals surface area contributed by atoms with Gasteiger partial charge in [0.25, 0.3) is 0 Å². The predicted molar refractivity (Wildman–Crippen MR) is 90.2 cm³/mol. The second-order valence-electron chi connectivity index (χ2n) is 5.57. The van der Waals surface area contributed by atoms with Crippen LogP contribution in [0, 0.1) is 11.3 Å². The summed E-state index contributed by atoms with van der Waals surface area (Å²) < 4.78 is 0. The third-order valence-electron chi connectivity index (χ3n) is 4.48. The van der Waals surface area contributed by atoms with Gasteiger partial charge in [-0.2, -0.15) is 5.26 Å². The van der Waals surface area contributed by atoms with Crippen molar-refractivity contribution in [3.05, 3.63) is 66.4 Å². The van der Waals surface area contributed by atoms with Crippen LogP contribution < -0.4 is 0 Å². The molecule has 0 amide bonds. The molecule has 0 aliphatic carbocycles. The summed E-state index contributed by atoms with van der Waals surface area (Å²) in [5, 5.41) is 17.5. The molecule has 2 nitrogen and oxygen atoms in total. The first-order valence-electron chi connectivity index (χ1n) is 7.23. The van der Waals surface area contributed by atoms with Gasteiger partial charge in [0.15, 0.2) is 0 Å². The van der Waals surface area contributed by atoms with Gasteiger partial charge >= 0.3 is 0 Å². The molecule has 1 heterocycles. The molecule has 22 heavy (non-hydrogen) atoms. The number of rotatable bonds is 0. The summed E-state index contributed by atoms with van der Waals surface area (Å²) in [6.07, 6.45) is 1.83. The van der Waals surface area contributed by atoms with Crippen LogP contribution in [0.25, 0.3) is 43.2 Å². The van der Waals surface area contributed by atoms with Crippen molar-refractivity contribution in [2.45, 2.75) is 0 Å². The first-order chi connectivity index (χ1) is 10.9. The van der Waals surface area contributed by atoms with Gasteiger partial charge in [0.2, 0.25) is 0 Å². The minimum Gasteiger partial charge on any atom is -0.255 e. The zero-order valence-electron chi connectivity index (χ0n) is 11.7. The highest BCUT2D eigenvalue weighted by atomic mass is 14.7. The van der Waals surface area contributed by atoms with Crippen molar-refractivity contribution in [3.8, 4) is 6.07 Å². The van der Waals surface area contributed by atoms with Gasteiger partial charge in [-0.1, -0.05) is 42.5 Å². The Morgan fingerprint density at radius 1 is 0.727 bits per heavy atom. The summed E-state index contributed by atoms with van der Waals surface area (Å²) >= 11 is 0. The van der Waals surface area contributed by atoms with E-state index in [4.69, 9.17) is 0 Å². The third-order valence-corrected chi connectivity index (χ3v) is 4.48. The molecule has 0 saturated heterocycles.